The maximum absolute atomic E-state index is 12.2. The predicted octanol–water partition coefficient (Wildman–Crippen LogP) is 1.56. The van der Waals surface area contributed by atoms with E-state index in [9.17, 15) is 4.79 Å². The molecule has 5 N–H and O–H groups in total. The Labute approximate surface area is 126 Å². The molecule has 7 heteroatoms. The molecular weight excluding hydrogens is 286 g/mol. The first-order valence-electron chi connectivity index (χ1n) is 6.82. The molecular formula is C14H17N5OS. The highest BCUT2D eigenvalue weighted by Gasteiger charge is 2.21. The van der Waals surface area contributed by atoms with Crippen LogP contribution in [0.15, 0.2) is 30.3 Å². The van der Waals surface area contributed by atoms with Crippen LogP contribution in [0, 0.1) is 0 Å². The second-order valence-corrected chi connectivity index (χ2v) is 5.89. The van der Waals surface area contributed by atoms with E-state index < -0.39 is 0 Å². The number of carbonyl (C=O) groups excluding carboxylic acids is 1. The first kappa shape index (κ1) is 13.8. The first-order valence-corrected chi connectivity index (χ1v) is 7.64. The van der Waals surface area contributed by atoms with Gasteiger partial charge in [-0.3, -0.25) is 4.79 Å². The molecule has 0 saturated carbocycles. The molecule has 2 heterocycles. The number of hydrogen-bond donors (Lipinski definition) is 4. The van der Waals surface area contributed by atoms with Crippen molar-refractivity contribution in [1.29, 1.82) is 0 Å². The summed E-state index contributed by atoms with van der Waals surface area (Å²) in [5.74, 6) is 0.113. The van der Waals surface area contributed by atoms with E-state index in [1.165, 1.54) is 11.3 Å². The molecule has 1 amide bonds. The van der Waals surface area contributed by atoms with Crippen molar-refractivity contribution in [1.82, 2.24) is 15.6 Å². The number of hydrogen-bond acceptors (Lipinski definition) is 6. The van der Waals surface area contributed by atoms with E-state index in [1.807, 2.05) is 30.3 Å². The molecule has 6 nitrogen and oxygen atoms in total. The summed E-state index contributed by atoms with van der Waals surface area (Å²) in [6.07, 6.45) is 0.944. The fourth-order valence-electron chi connectivity index (χ4n) is 2.22. The van der Waals surface area contributed by atoms with E-state index in [1.54, 1.807) is 0 Å². The molecule has 0 bridgehead atoms. The summed E-state index contributed by atoms with van der Waals surface area (Å²) in [4.78, 5) is 16.9. The van der Waals surface area contributed by atoms with E-state index in [4.69, 9.17) is 5.73 Å². The third kappa shape index (κ3) is 3.32. The Hall–Kier alpha value is -2.12. The van der Waals surface area contributed by atoms with Crippen molar-refractivity contribution in [3.8, 4) is 0 Å². The zero-order valence-electron chi connectivity index (χ0n) is 11.4. The SMILES string of the molecule is Nc1nc(Nc2ccccc2)sc1C(=O)N[C@@H]1CCNC1. The van der Waals surface area contributed by atoms with Gasteiger partial charge in [-0.15, -0.1) is 0 Å². The molecule has 0 spiro atoms. The molecule has 1 aliphatic rings. The highest BCUT2D eigenvalue weighted by molar-refractivity contribution is 7.18. The Morgan fingerprint density at radius 1 is 1.38 bits per heavy atom. The number of carbonyl (C=O) groups is 1. The zero-order chi connectivity index (χ0) is 14.7. The summed E-state index contributed by atoms with van der Waals surface area (Å²) in [5, 5.41) is 9.95. The van der Waals surface area contributed by atoms with Crippen molar-refractivity contribution in [2.75, 3.05) is 24.1 Å². The lowest BCUT2D eigenvalue weighted by Crippen LogP contribution is -2.36. The van der Waals surface area contributed by atoms with Crippen LogP contribution in [0.3, 0.4) is 0 Å². The molecule has 1 aliphatic heterocycles. The summed E-state index contributed by atoms with van der Waals surface area (Å²) in [7, 11) is 0. The average Bonchev–Trinajstić information content (AvgIpc) is 3.10. The van der Waals surface area contributed by atoms with Gasteiger partial charge in [0.2, 0.25) is 0 Å². The van der Waals surface area contributed by atoms with Gasteiger partial charge in [-0.25, -0.2) is 4.98 Å². The predicted molar refractivity (Wildman–Crippen MR) is 85.0 cm³/mol. The smallest absolute Gasteiger partial charge is 0.265 e. The Morgan fingerprint density at radius 3 is 2.90 bits per heavy atom. The van der Waals surface area contributed by atoms with Gasteiger partial charge in [0.1, 0.15) is 10.7 Å². The molecule has 3 rings (SSSR count). The van der Waals surface area contributed by atoms with Crippen LogP contribution < -0.4 is 21.7 Å². The molecule has 1 atom stereocenters. The van der Waals surface area contributed by atoms with Gasteiger partial charge in [-0.05, 0) is 25.1 Å². The summed E-state index contributed by atoms with van der Waals surface area (Å²) < 4.78 is 0. The van der Waals surface area contributed by atoms with E-state index >= 15 is 0 Å². The molecule has 110 valence electrons. The number of benzene rings is 1. The molecule has 0 unspecified atom stereocenters. The molecule has 0 aliphatic carbocycles. The van der Waals surface area contributed by atoms with Gasteiger partial charge in [0.25, 0.3) is 5.91 Å². The number of nitrogens with zero attached hydrogens (tertiary/aromatic N) is 1. The maximum atomic E-state index is 12.2. The van der Waals surface area contributed by atoms with Gasteiger partial charge in [0.15, 0.2) is 5.13 Å². The van der Waals surface area contributed by atoms with E-state index in [0.29, 0.717) is 10.0 Å². The molecule has 1 saturated heterocycles. The van der Waals surface area contributed by atoms with Crippen molar-refractivity contribution in [3.63, 3.8) is 0 Å². The Bertz CT molecular complexity index is 622. The van der Waals surface area contributed by atoms with Gasteiger partial charge in [0, 0.05) is 18.3 Å². The first-order chi connectivity index (χ1) is 10.2. The minimum absolute atomic E-state index is 0.153. The Kier molecular flexibility index (Phi) is 4.03. The second-order valence-electron chi connectivity index (χ2n) is 4.89. The molecule has 21 heavy (non-hydrogen) atoms. The average molecular weight is 303 g/mol. The van der Waals surface area contributed by atoms with Crippen molar-refractivity contribution in [2.24, 2.45) is 0 Å². The highest BCUT2D eigenvalue weighted by atomic mass is 32.1. The van der Waals surface area contributed by atoms with Crippen LogP contribution in [0.4, 0.5) is 16.6 Å². The number of rotatable bonds is 4. The number of thiazole rings is 1. The Morgan fingerprint density at radius 2 is 2.19 bits per heavy atom. The number of amides is 1. The number of nitrogen functional groups attached to an aromatic ring is 1. The van der Waals surface area contributed by atoms with Crippen LogP contribution in [0.1, 0.15) is 16.1 Å². The van der Waals surface area contributed by atoms with Crippen LogP contribution in [-0.4, -0.2) is 30.0 Å². The van der Waals surface area contributed by atoms with Crippen LogP contribution in [0.5, 0.6) is 0 Å². The van der Waals surface area contributed by atoms with E-state index in [2.05, 4.69) is 20.9 Å². The summed E-state index contributed by atoms with van der Waals surface area (Å²) >= 11 is 1.27. The quantitative estimate of drug-likeness (QED) is 0.688. The zero-order valence-corrected chi connectivity index (χ0v) is 12.2. The second kappa shape index (κ2) is 6.11. The fraction of sp³-hybridized carbons (Fsp3) is 0.286. The third-order valence-corrected chi connectivity index (χ3v) is 4.27. The van der Waals surface area contributed by atoms with Crippen LogP contribution in [-0.2, 0) is 0 Å². The van der Waals surface area contributed by atoms with E-state index in [-0.39, 0.29) is 17.8 Å². The normalized spacial score (nSPS) is 17.6. The number of para-hydroxylation sites is 1. The molecule has 1 aromatic carbocycles. The lowest BCUT2D eigenvalue weighted by atomic mass is 10.2. The van der Waals surface area contributed by atoms with Crippen molar-refractivity contribution in [3.05, 3.63) is 35.2 Å². The van der Waals surface area contributed by atoms with E-state index in [0.717, 1.165) is 25.2 Å². The summed E-state index contributed by atoms with van der Waals surface area (Å²) in [6, 6.07) is 9.84. The number of nitrogens with one attached hydrogen (secondary N) is 3. The number of nitrogens with two attached hydrogens (primary N) is 1. The minimum Gasteiger partial charge on any atom is -0.382 e. The molecule has 1 aromatic heterocycles. The molecule has 1 fully saturated rings. The number of aromatic nitrogens is 1. The lowest BCUT2D eigenvalue weighted by molar-refractivity contribution is 0.0945. The van der Waals surface area contributed by atoms with Crippen molar-refractivity contribution >= 4 is 33.9 Å². The van der Waals surface area contributed by atoms with Gasteiger partial charge < -0.3 is 21.7 Å². The molecule has 0 radical (unpaired) electrons. The Balaban J connectivity index is 1.70. The topological polar surface area (TPSA) is 92.1 Å². The van der Waals surface area contributed by atoms with Crippen LogP contribution in [0.25, 0.3) is 0 Å². The fourth-order valence-corrected chi connectivity index (χ4v) is 3.03. The largest absolute Gasteiger partial charge is 0.382 e. The molecule has 2 aromatic rings. The van der Waals surface area contributed by atoms with Gasteiger partial charge in [-0.2, -0.15) is 0 Å². The third-order valence-electron chi connectivity index (χ3n) is 3.28. The van der Waals surface area contributed by atoms with Crippen LogP contribution >= 0.6 is 11.3 Å². The van der Waals surface area contributed by atoms with Gasteiger partial charge in [0.05, 0.1) is 0 Å². The highest BCUT2D eigenvalue weighted by Crippen LogP contribution is 2.27. The standard InChI is InChI=1S/C14H17N5OS/c15-12-11(13(20)17-10-6-7-16-8-10)21-14(19-12)18-9-4-2-1-3-5-9/h1-5,10,16H,6-8,15H2,(H,17,20)(H,18,19)/t10-/m1/s1. The van der Waals surface area contributed by atoms with Crippen molar-refractivity contribution < 1.29 is 4.79 Å². The van der Waals surface area contributed by atoms with Crippen LogP contribution in [0.2, 0.25) is 0 Å². The monoisotopic (exact) mass is 303 g/mol. The minimum atomic E-state index is -0.153. The van der Waals surface area contributed by atoms with Crippen molar-refractivity contribution in [2.45, 2.75) is 12.5 Å². The summed E-state index contributed by atoms with van der Waals surface area (Å²) in [5.41, 5.74) is 6.77. The van der Waals surface area contributed by atoms with Gasteiger partial charge in [-0.1, -0.05) is 29.5 Å². The summed E-state index contributed by atoms with van der Waals surface area (Å²) in [6.45, 7) is 1.74. The number of anilines is 3. The maximum Gasteiger partial charge on any atom is 0.265 e. The lowest BCUT2D eigenvalue weighted by Gasteiger charge is -2.09. The van der Waals surface area contributed by atoms with Gasteiger partial charge >= 0.3 is 0 Å².